The molecule has 3 atom stereocenters. The van der Waals surface area contributed by atoms with Gasteiger partial charge < -0.3 is 15.2 Å². The Bertz CT molecular complexity index is 251. The third-order valence-electron chi connectivity index (χ3n) is 5.01. The summed E-state index contributed by atoms with van der Waals surface area (Å²) in [6.07, 6.45) is 8.90. The van der Waals surface area contributed by atoms with Crippen molar-refractivity contribution >= 4 is 0 Å². The summed E-state index contributed by atoms with van der Waals surface area (Å²) in [6, 6.07) is 0.565. The van der Waals surface area contributed by atoms with Crippen LogP contribution in [-0.4, -0.2) is 36.5 Å². The largest absolute Gasteiger partial charge is 0.392 e. The second kappa shape index (κ2) is 6.36. The third kappa shape index (κ3) is 2.73. The zero-order valence-electron chi connectivity index (χ0n) is 12.0. The van der Waals surface area contributed by atoms with Crippen molar-refractivity contribution in [2.24, 2.45) is 5.41 Å². The number of hydrogen-bond donors (Lipinski definition) is 2. The molecule has 2 rings (SSSR count). The second-order valence-electron chi connectivity index (χ2n) is 6.00. The van der Waals surface area contributed by atoms with Crippen LogP contribution in [0.5, 0.6) is 0 Å². The molecule has 18 heavy (non-hydrogen) atoms. The van der Waals surface area contributed by atoms with Gasteiger partial charge in [-0.15, -0.1) is 0 Å². The van der Waals surface area contributed by atoms with Crippen molar-refractivity contribution < 1.29 is 9.84 Å². The summed E-state index contributed by atoms with van der Waals surface area (Å²) in [6.45, 7) is 5.70. The number of ether oxygens (including phenoxy) is 1. The highest BCUT2D eigenvalue weighted by Gasteiger charge is 2.55. The summed E-state index contributed by atoms with van der Waals surface area (Å²) in [5, 5.41) is 13.3. The van der Waals surface area contributed by atoms with Crippen molar-refractivity contribution in [3.8, 4) is 0 Å². The summed E-state index contributed by atoms with van der Waals surface area (Å²) in [5.41, 5.74) is 0.377. The average Bonchev–Trinajstić information content (AvgIpc) is 2.42. The van der Waals surface area contributed by atoms with Crippen LogP contribution in [0.2, 0.25) is 0 Å². The van der Waals surface area contributed by atoms with E-state index in [4.69, 9.17) is 4.74 Å². The summed E-state index contributed by atoms with van der Waals surface area (Å²) in [4.78, 5) is 0. The van der Waals surface area contributed by atoms with Gasteiger partial charge in [-0.1, -0.05) is 26.2 Å². The molecule has 0 amide bonds. The molecule has 0 aromatic carbocycles. The molecule has 106 valence electrons. The molecule has 0 radical (unpaired) electrons. The van der Waals surface area contributed by atoms with Crippen molar-refractivity contribution in [3.63, 3.8) is 0 Å². The Labute approximate surface area is 111 Å². The number of rotatable bonds is 6. The lowest BCUT2D eigenvalue weighted by molar-refractivity contribution is -0.151. The van der Waals surface area contributed by atoms with Gasteiger partial charge in [0.25, 0.3) is 0 Å². The van der Waals surface area contributed by atoms with Crippen molar-refractivity contribution in [2.45, 2.75) is 77.0 Å². The van der Waals surface area contributed by atoms with E-state index in [1.807, 2.05) is 6.92 Å². The molecule has 2 N–H and O–H groups in total. The molecule has 1 spiro atoms. The lowest BCUT2D eigenvalue weighted by Gasteiger charge is -2.58. The first-order valence-corrected chi connectivity index (χ1v) is 7.76. The van der Waals surface area contributed by atoms with Crippen LogP contribution in [0.25, 0.3) is 0 Å². The van der Waals surface area contributed by atoms with E-state index in [0.717, 1.165) is 26.0 Å². The second-order valence-corrected chi connectivity index (χ2v) is 6.00. The molecule has 3 nitrogen and oxygen atoms in total. The number of hydrogen-bond acceptors (Lipinski definition) is 3. The van der Waals surface area contributed by atoms with E-state index in [-0.39, 0.29) is 6.10 Å². The predicted molar refractivity (Wildman–Crippen MR) is 73.6 cm³/mol. The first kappa shape index (κ1) is 14.3. The van der Waals surface area contributed by atoms with Crippen LogP contribution in [0.1, 0.15) is 58.8 Å². The van der Waals surface area contributed by atoms with E-state index in [2.05, 4.69) is 12.2 Å². The quantitative estimate of drug-likeness (QED) is 0.766. The van der Waals surface area contributed by atoms with Gasteiger partial charge in [0.05, 0.1) is 12.2 Å². The molecular weight excluding hydrogens is 226 g/mol. The lowest BCUT2D eigenvalue weighted by atomic mass is 9.55. The van der Waals surface area contributed by atoms with Gasteiger partial charge in [0.1, 0.15) is 0 Å². The molecule has 3 heteroatoms. The fourth-order valence-electron chi connectivity index (χ4n) is 3.77. The third-order valence-corrected chi connectivity index (χ3v) is 5.01. The Morgan fingerprint density at radius 3 is 2.61 bits per heavy atom. The predicted octanol–water partition coefficient (Wildman–Crippen LogP) is 2.47. The summed E-state index contributed by atoms with van der Waals surface area (Å²) < 4.78 is 5.93. The van der Waals surface area contributed by atoms with Gasteiger partial charge >= 0.3 is 0 Å². The normalized spacial score (nSPS) is 32.2. The van der Waals surface area contributed by atoms with E-state index in [0.29, 0.717) is 17.6 Å². The molecule has 0 heterocycles. The Kier molecular flexibility index (Phi) is 5.05. The van der Waals surface area contributed by atoms with E-state index in [1.165, 1.54) is 32.1 Å². The Morgan fingerprint density at radius 2 is 2.00 bits per heavy atom. The van der Waals surface area contributed by atoms with E-state index < -0.39 is 0 Å². The van der Waals surface area contributed by atoms with Crippen LogP contribution in [0.15, 0.2) is 0 Å². The van der Waals surface area contributed by atoms with Crippen LogP contribution >= 0.6 is 0 Å². The van der Waals surface area contributed by atoms with Crippen molar-refractivity contribution in [2.75, 3.05) is 13.2 Å². The van der Waals surface area contributed by atoms with Gasteiger partial charge in [-0.2, -0.15) is 0 Å². The Balaban J connectivity index is 1.90. The molecule has 3 unspecified atom stereocenters. The molecule has 0 aliphatic heterocycles. The average molecular weight is 255 g/mol. The molecule has 0 aromatic heterocycles. The van der Waals surface area contributed by atoms with Gasteiger partial charge in [0.15, 0.2) is 0 Å². The molecule has 0 bridgehead atoms. The molecular formula is C15H29NO2. The standard InChI is InChI=1S/C15H29NO2/c1-3-12(17)11-16-13-10-14(18-4-2)15(13)8-6-5-7-9-15/h12-14,16-17H,3-11H2,1-2H3. The molecule has 2 aliphatic rings. The highest BCUT2D eigenvalue weighted by atomic mass is 16.5. The smallest absolute Gasteiger partial charge is 0.0662 e. The minimum Gasteiger partial charge on any atom is -0.392 e. The fourth-order valence-corrected chi connectivity index (χ4v) is 3.77. The zero-order valence-corrected chi connectivity index (χ0v) is 12.0. The maximum absolute atomic E-state index is 9.69. The highest BCUT2D eigenvalue weighted by Crippen LogP contribution is 2.53. The van der Waals surface area contributed by atoms with Crippen LogP contribution in [-0.2, 0) is 4.74 Å². The van der Waals surface area contributed by atoms with Gasteiger partial charge in [-0.3, -0.25) is 0 Å². The topological polar surface area (TPSA) is 41.5 Å². The molecule has 0 saturated heterocycles. The number of aliphatic hydroxyl groups is 1. The van der Waals surface area contributed by atoms with Crippen LogP contribution in [0, 0.1) is 5.41 Å². The highest BCUT2D eigenvalue weighted by molar-refractivity contribution is 5.09. The number of nitrogens with one attached hydrogen (secondary N) is 1. The van der Waals surface area contributed by atoms with Crippen molar-refractivity contribution in [1.29, 1.82) is 0 Å². The van der Waals surface area contributed by atoms with E-state index in [1.54, 1.807) is 0 Å². The van der Waals surface area contributed by atoms with Crippen molar-refractivity contribution in [1.82, 2.24) is 5.32 Å². The van der Waals surface area contributed by atoms with Gasteiger partial charge in [0, 0.05) is 24.6 Å². The van der Waals surface area contributed by atoms with Gasteiger partial charge in [-0.25, -0.2) is 0 Å². The molecule has 0 aromatic rings. The van der Waals surface area contributed by atoms with Crippen LogP contribution in [0.3, 0.4) is 0 Å². The van der Waals surface area contributed by atoms with Crippen molar-refractivity contribution in [3.05, 3.63) is 0 Å². The van der Waals surface area contributed by atoms with Gasteiger partial charge in [0.2, 0.25) is 0 Å². The lowest BCUT2D eigenvalue weighted by Crippen LogP contribution is -2.65. The SMILES string of the molecule is CCOC1CC(NCC(O)CC)C12CCCCC2. The summed E-state index contributed by atoms with van der Waals surface area (Å²) in [5.74, 6) is 0. The molecule has 2 saturated carbocycles. The molecule has 2 aliphatic carbocycles. The maximum Gasteiger partial charge on any atom is 0.0662 e. The molecule has 2 fully saturated rings. The number of aliphatic hydroxyl groups excluding tert-OH is 1. The minimum absolute atomic E-state index is 0.197. The van der Waals surface area contributed by atoms with E-state index >= 15 is 0 Å². The monoisotopic (exact) mass is 255 g/mol. The first-order valence-electron chi connectivity index (χ1n) is 7.76. The van der Waals surface area contributed by atoms with Gasteiger partial charge in [-0.05, 0) is 32.6 Å². The zero-order chi connectivity index (χ0) is 13.0. The maximum atomic E-state index is 9.69. The summed E-state index contributed by atoms with van der Waals surface area (Å²) in [7, 11) is 0. The Hall–Kier alpha value is -0.120. The Morgan fingerprint density at radius 1 is 1.28 bits per heavy atom. The fraction of sp³-hybridized carbons (Fsp3) is 1.00. The first-order chi connectivity index (χ1) is 8.73. The summed E-state index contributed by atoms with van der Waals surface area (Å²) >= 11 is 0. The van der Waals surface area contributed by atoms with Crippen LogP contribution in [0.4, 0.5) is 0 Å². The van der Waals surface area contributed by atoms with Crippen LogP contribution < -0.4 is 5.32 Å². The minimum atomic E-state index is -0.197. The van der Waals surface area contributed by atoms with E-state index in [9.17, 15) is 5.11 Å².